The molecule has 0 aliphatic carbocycles. The van der Waals surface area contributed by atoms with Gasteiger partial charge in [0.1, 0.15) is 51.4 Å². The highest BCUT2D eigenvalue weighted by atomic mass is 19.1. The van der Waals surface area contributed by atoms with Gasteiger partial charge in [0.15, 0.2) is 17.4 Å². The summed E-state index contributed by atoms with van der Waals surface area (Å²) < 4.78 is 47.3. The monoisotopic (exact) mass is 1720 g/mol. The van der Waals surface area contributed by atoms with Crippen molar-refractivity contribution in [2.75, 3.05) is 111 Å². The van der Waals surface area contributed by atoms with Gasteiger partial charge in [-0.2, -0.15) is 5.10 Å². The molecule has 0 unspecified atom stereocenters. The number of carbonyl (C=O) groups is 9. The number of halogens is 2. The molecule has 34 heteroatoms. The highest BCUT2D eigenvalue weighted by molar-refractivity contribution is 6.12. The average molecular weight is 1720 g/mol. The molecule has 0 radical (unpaired) electrons. The Hall–Kier alpha value is -15.2. The number of ether oxygens (including phenoxy) is 3. The average Bonchev–Trinajstić information content (AvgIpc) is 1.62. The molecule has 127 heavy (non-hydrogen) atoms. The van der Waals surface area contributed by atoms with Gasteiger partial charge in [0.2, 0.25) is 22.9 Å². The number of fused-ring (bicyclic) bond motifs is 3. The molecule has 0 bridgehead atoms. The van der Waals surface area contributed by atoms with Crippen LogP contribution in [0.15, 0.2) is 157 Å². The van der Waals surface area contributed by atoms with Crippen LogP contribution in [0.5, 0.6) is 28.7 Å². The molecular weight excluding hydrogens is 1630 g/mol. The largest absolute Gasteiger partial charge is 0.506 e. The number of aromatic hydroxyl groups is 2. The molecule has 32 nitrogen and oxygen atoms in total. The van der Waals surface area contributed by atoms with Crippen molar-refractivity contribution in [1.29, 1.82) is 0 Å². The summed E-state index contributed by atoms with van der Waals surface area (Å²) in [6.07, 6.45) is 5.34. The summed E-state index contributed by atoms with van der Waals surface area (Å²) in [6, 6.07) is 37.0. The van der Waals surface area contributed by atoms with Crippen LogP contribution in [0.1, 0.15) is 103 Å². The van der Waals surface area contributed by atoms with E-state index in [4.69, 9.17) is 19.2 Å². The van der Waals surface area contributed by atoms with E-state index < -0.39 is 69.7 Å². The number of benzene rings is 6. The standard InChI is InChI=1S/C32H32N6O5.C31H23F2N5O5.C30H34N6O5/c1-3-36-14-16-37(17-15-36)27-11-10-26(39)28(33-27)22-6-4-21(5-7-22)12-13-32(30(41)34-31(42)35-32)20-38-19-23-8-9-24(43-2)18-25(23)29(38)40;1-37-14-19(13-34-37)22-6-7-23(39)28(35-22)20-5-3-17(11-21(20)32)9-10-31(12-25(40)36-30(31)42)16-38-15-18-4-8-24(43-2)27(33)26(18)29(38)41;1-3-4-13-34-14-16-35(17-15-34)26(33-40)22-7-5-21(6-8-22)11-12-30(28(38)31-29(39)32-30)20-36-19-23-9-10-24(41-2)18-25(23)27(36)37/h4-11,18,39H,3,14-17,19-20H2,1-2H3,(H2,34,35,41,42);3-8,11,13-14,39H,12,15-16H2,1-2H3,(H,36,40,42);5-10,18,40H,3-4,13-17,19-20H2,1-2H3,(H2,31,32,38,39)/t32-;31-;30-/m111/s1. The number of urea groups is 2. The third kappa shape index (κ3) is 18.3. The molecule has 5 saturated heterocycles. The molecule has 6 aromatic carbocycles. The van der Waals surface area contributed by atoms with Crippen molar-refractivity contribution >= 4 is 65.1 Å². The van der Waals surface area contributed by atoms with Crippen molar-refractivity contribution < 1.29 is 81.6 Å². The molecule has 8 N–H and O–H groups in total. The van der Waals surface area contributed by atoms with Crippen molar-refractivity contribution in [2.24, 2.45) is 17.6 Å². The Morgan fingerprint density at radius 1 is 0.543 bits per heavy atom. The summed E-state index contributed by atoms with van der Waals surface area (Å²) in [7, 11) is 6.09. The van der Waals surface area contributed by atoms with Crippen LogP contribution >= 0.6 is 0 Å². The normalized spacial score (nSPS) is 19.4. The Morgan fingerprint density at radius 2 is 1.10 bits per heavy atom. The number of aromatic nitrogens is 4. The number of carbonyl (C=O) groups excluding carboxylic acids is 9. The lowest BCUT2D eigenvalue weighted by molar-refractivity contribution is -0.127. The zero-order chi connectivity index (χ0) is 89.6. The maximum Gasteiger partial charge on any atom is 0.323 e. The second-order valence-electron chi connectivity index (χ2n) is 31.5. The van der Waals surface area contributed by atoms with Crippen LogP contribution in [-0.4, -0.2) is 241 Å². The minimum atomic E-state index is -1.64. The molecule has 0 spiro atoms. The summed E-state index contributed by atoms with van der Waals surface area (Å²) in [4.78, 5) is 137. The maximum atomic E-state index is 15.4. The molecule has 650 valence electrons. The third-order valence-corrected chi connectivity index (χ3v) is 23.3. The first-order valence-electron chi connectivity index (χ1n) is 41.1. The summed E-state index contributed by atoms with van der Waals surface area (Å²) >= 11 is 0. The summed E-state index contributed by atoms with van der Waals surface area (Å²) in [5, 5.41) is 50.4. The van der Waals surface area contributed by atoms with E-state index in [1.807, 2.05) is 30.3 Å². The fraction of sp³-hybridized carbons (Fsp3) is 0.301. The zero-order valence-corrected chi connectivity index (χ0v) is 70.2. The number of rotatable bonds is 18. The number of oxime groups is 1. The number of aryl methyl sites for hydroxylation is 1. The molecule has 8 aliphatic rings. The predicted octanol–water partition coefficient (Wildman–Crippen LogP) is 7.21. The van der Waals surface area contributed by atoms with E-state index in [0.717, 1.165) is 106 Å². The lowest BCUT2D eigenvalue weighted by Gasteiger charge is -2.36. The van der Waals surface area contributed by atoms with Gasteiger partial charge in [0, 0.05) is 142 Å². The Morgan fingerprint density at radius 3 is 1.64 bits per heavy atom. The SMILES string of the molecule is CCCCN1CCN(C(=NO)c2ccc(C#C[C@]3(CN4Cc5ccc(OC)cc5C4=O)NC(=O)NC3=O)cc2)CC1.CCN1CCN(c2ccc(O)c(-c3ccc(C#C[C@]4(CN5Cc6ccc(OC)cc6C5=O)NC(=O)NC4=O)cc3)n2)CC1.COc1ccc2c(c1F)C(=O)N(C[C@@]1(C#Cc3ccc(-c4nc(-c5cnn(C)c5)ccc4O)c(F)c3)CC(=O)NC1=O)C2. The number of amidine groups is 1. The number of methoxy groups -OCH3 is 3. The smallest absolute Gasteiger partial charge is 0.323 e. The number of nitrogens with one attached hydrogen (secondary N) is 5. The lowest BCUT2D eigenvalue weighted by atomic mass is 9.85. The second kappa shape index (κ2) is 36.7. The van der Waals surface area contributed by atoms with E-state index in [2.05, 4.69) is 111 Å². The van der Waals surface area contributed by atoms with Crippen LogP contribution in [0.3, 0.4) is 0 Å². The molecule has 9 aromatic rings. The van der Waals surface area contributed by atoms with E-state index in [9.17, 15) is 63.0 Å². The third-order valence-electron chi connectivity index (χ3n) is 23.3. The molecular formula is C93H89F2N17O15. The number of likely N-dealkylation sites (N-methyl/N-ethyl adjacent to an activating group) is 1. The first-order chi connectivity index (χ1) is 61.2. The van der Waals surface area contributed by atoms with Crippen LogP contribution in [0.25, 0.3) is 33.8 Å². The van der Waals surface area contributed by atoms with Gasteiger partial charge in [0.05, 0.1) is 58.3 Å². The summed E-state index contributed by atoms with van der Waals surface area (Å²) in [6.45, 7) is 13.5. The quantitative estimate of drug-likeness (QED) is 0.00800. The van der Waals surface area contributed by atoms with E-state index in [1.165, 1.54) is 66.7 Å². The molecule has 8 aliphatic heterocycles. The van der Waals surface area contributed by atoms with Gasteiger partial charge in [0.25, 0.3) is 29.5 Å². The van der Waals surface area contributed by atoms with Crippen molar-refractivity contribution in [3.05, 3.63) is 219 Å². The van der Waals surface area contributed by atoms with Gasteiger partial charge in [-0.25, -0.2) is 28.3 Å². The number of unbranched alkanes of at least 4 members (excludes halogenated alkanes) is 1. The van der Waals surface area contributed by atoms with Crippen LogP contribution in [0.4, 0.5) is 24.2 Å². The predicted molar refractivity (Wildman–Crippen MR) is 460 cm³/mol. The van der Waals surface area contributed by atoms with Crippen LogP contribution in [0, 0.1) is 52.6 Å². The van der Waals surface area contributed by atoms with Crippen LogP contribution in [-0.2, 0) is 45.9 Å². The highest BCUT2D eigenvalue weighted by Crippen LogP contribution is 2.39. The number of imide groups is 3. The van der Waals surface area contributed by atoms with Gasteiger partial charge in [-0.05, 0) is 145 Å². The molecule has 0 saturated carbocycles. The van der Waals surface area contributed by atoms with E-state index in [0.29, 0.717) is 62.1 Å². The van der Waals surface area contributed by atoms with Crippen LogP contribution < -0.4 is 45.7 Å². The molecule has 3 aromatic heterocycles. The molecule has 17 rings (SSSR count). The first-order valence-corrected chi connectivity index (χ1v) is 41.1. The number of hydrogen-bond donors (Lipinski definition) is 8. The zero-order valence-electron chi connectivity index (χ0n) is 70.2. The topological polar surface area (TPSA) is 381 Å². The minimum Gasteiger partial charge on any atom is -0.506 e. The maximum absolute atomic E-state index is 15.4. The van der Waals surface area contributed by atoms with E-state index in [1.54, 1.807) is 103 Å². The van der Waals surface area contributed by atoms with Gasteiger partial charge in [-0.1, -0.05) is 91.3 Å². The minimum absolute atomic E-state index is 0.0118. The number of pyridine rings is 2. The molecule has 11 amide bonds. The molecule has 11 heterocycles. The summed E-state index contributed by atoms with van der Waals surface area (Å²) in [5.41, 5.74) is 2.52. The van der Waals surface area contributed by atoms with E-state index in [-0.39, 0.29) is 97.1 Å². The number of amides is 11. The second-order valence-corrected chi connectivity index (χ2v) is 31.5. The van der Waals surface area contributed by atoms with Crippen LogP contribution in [0.2, 0.25) is 0 Å². The van der Waals surface area contributed by atoms with Crippen molar-refractivity contribution in [3.63, 3.8) is 0 Å². The Bertz CT molecular complexity index is 6150. The fourth-order valence-electron chi connectivity index (χ4n) is 16.2. The highest BCUT2D eigenvalue weighted by Gasteiger charge is 2.52. The Labute approximate surface area is 728 Å². The van der Waals surface area contributed by atoms with E-state index >= 15 is 4.39 Å². The Kier molecular flexibility index (Phi) is 25.1. The summed E-state index contributed by atoms with van der Waals surface area (Å²) in [5.74, 6) is 14.4. The Balaban J connectivity index is 0.000000147. The number of piperazine rings is 2. The van der Waals surface area contributed by atoms with Crippen molar-refractivity contribution in [3.8, 4) is 98.0 Å². The van der Waals surface area contributed by atoms with Crippen molar-refractivity contribution in [2.45, 2.75) is 63.8 Å². The lowest BCUT2D eigenvalue weighted by Crippen LogP contribution is -2.54. The first kappa shape index (κ1) is 86.7. The van der Waals surface area contributed by atoms with Gasteiger partial charge in [-0.15, -0.1) is 0 Å². The molecule has 5 fully saturated rings. The van der Waals surface area contributed by atoms with Crippen molar-refractivity contribution in [1.82, 2.24) is 75.7 Å². The molecule has 3 atom stereocenters. The van der Waals surface area contributed by atoms with Gasteiger partial charge in [-0.3, -0.25) is 59.1 Å². The van der Waals surface area contributed by atoms with Gasteiger partial charge >= 0.3 is 12.1 Å². The number of nitrogens with zero attached hydrogens (tertiary/aromatic N) is 12. The van der Waals surface area contributed by atoms with Gasteiger partial charge < -0.3 is 69.7 Å². The number of hydrogen-bond acceptors (Lipinski definition) is 22. The number of anilines is 1. The fourth-order valence-corrected chi connectivity index (χ4v) is 16.2.